The van der Waals surface area contributed by atoms with E-state index in [0.29, 0.717) is 38.2 Å². The number of aromatic amines is 1. The van der Waals surface area contributed by atoms with Crippen LogP contribution in [0.2, 0.25) is 0 Å². The van der Waals surface area contributed by atoms with Crippen molar-refractivity contribution in [3.05, 3.63) is 24.0 Å². The number of likely N-dealkylation sites (tertiary alicyclic amines) is 2. The van der Waals surface area contributed by atoms with Gasteiger partial charge >= 0.3 is 0 Å². The molecule has 0 saturated carbocycles. The Morgan fingerprint density at radius 2 is 2.14 bits per heavy atom. The number of hydrogen-bond donors (Lipinski definition) is 1. The normalized spacial score (nSPS) is 20.9. The summed E-state index contributed by atoms with van der Waals surface area (Å²) in [4.78, 5) is 31.3. The Labute approximate surface area is 130 Å². The second kappa shape index (κ2) is 6.12. The van der Waals surface area contributed by atoms with Crippen LogP contribution in [-0.2, 0) is 9.53 Å². The molecule has 0 aromatic carbocycles. The smallest absolute Gasteiger partial charge is 0.255 e. The monoisotopic (exact) mass is 305 g/mol. The zero-order valence-electron chi connectivity index (χ0n) is 13.0. The summed E-state index contributed by atoms with van der Waals surface area (Å²) < 4.78 is 5.13. The molecule has 2 fully saturated rings. The summed E-state index contributed by atoms with van der Waals surface area (Å²) in [5.74, 6) is 0.298. The number of amides is 2. The third-order valence-corrected chi connectivity index (χ3v) is 5.02. The van der Waals surface area contributed by atoms with Gasteiger partial charge in [-0.25, -0.2) is 0 Å². The van der Waals surface area contributed by atoms with Crippen LogP contribution in [-0.4, -0.2) is 65.5 Å². The van der Waals surface area contributed by atoms with Gasteiger partial charge in [-0.05, 0) is 25.3 Å². The van der Waals surface area contributed by atoms with E-state index in [1.54, 1.807) is 25.6 Å². The van der Waals surface area contributed by atoms with Gasteiger partial charge in [-0.2, -0.15) is 0 Å². The lowest BCUT2D eigenvalue weighted by molar-refractivity contribution is -0.133. The summed E-state index contributed by atoms with van der Waals surface area (Å²) in [6.45, 7) is 2.64. The average Bonchev–Trinajstić information content (AvgIpc) is 3.16. The van der Waals surface area contributed by atoms with E-state index in [-0.39, 0.29) is 17.4 Å². The molecule has 0 radical (unpaired) electrons. The Morgan fingerprint density at radius 1 is 1.36 bits per heavy atom. The second-order valence-electron chi connectivity index (χ2n) is 6.15. The van der Waals surface area contributed by atoms with Crippen molar-refractivity contribution in [2.45, 2.75) is 31.2 Å². The molecule has 2 aliphatic heterocycles. The molecule has 6 nitrogen and oxygen atoms in total. The molecule has 6 heteroatoms. The van der Waals surface area contributed by atoms with E-state index in [1.807, 2.05) is 9.80 Å². The highest BCUT2D eigenvalue weighted by atomic mass is 16.5. The van der Waals surface area contributed by atoms with E-state index in [1.165, 1.54) is 0 Å². The summed E-state index contributed by atoms with van der Waals surface area (Å²) >= 11 is 0. The van der Waals surface area contributed by atoms with Gasteiger partial charge in [0, 0.05) is 51.1 Å². The molecule has 3 rings (SSSR count). The maximum absolute atomic E-state index is 12.4. The van der Waals surface area contributed by atoms with Crippen LogP contribution in [0.3, 0.4) is 0 Å². The standard InChI is InChI=1S/C16H23N3O3/c1-22-11-10-19-14(20)2-4-16(19)5-8-18(9-6-16)15(21)13-3-7-17-12-13/h3,7,12,17H,2,4-6,8-11H2,1H3. The molecule has 1 aromatic rings. The predicted octanol–water partition coefficient (Wildman–Crippen LogP) is 1.26. The number of piperidine rings is 1. The van der Waals surface area contributed by atoms with Gasteiger partial charge in [-0.15, -0.1) is 0 Å². The van der Waals surface area contributed by atoms with Crippen molar-refractivity contribution in [1.29, 1.82) is 0 Å². The Hall–Kier alpha value is -1.82. The minimum Gasteiger partial charge on any atom is -0.383 e. The quantitative estimate of drug-likeness (QED) is 0.910. The Morgan fingerprint density at radius 3 is 2.77 bits per heavy atom. The Balaban J connectivity index is 1.65. The fourth-order valence-electron chi connectivity index (χ4n) is 3.70. The molecule has 2 aliphatic rings. The van der Waals surface area contributed by atoms with Gasteiger partial charge in [-0.1, -0.05) is 0 Å². The molecular weight excluding hydrogens is 282 g/mol. The van der Waals surface area contributed by atoms with Crippen LogP contribution in [0, 0.1) is 0 Å². The molecule has 2 amide bonds. The van der Waals surface area contributed by atoms with Crippen molar-refractivity contribution in [3.8, 4) is 0 Å². The van der Waals surface area contributed by atoms with Gasteiger partial charge in [0.1, 0.15) is 0 Å². The Bertz CT molecular complexity index is 533. The topological polar surface area (TPSA) is 65.6 Å². The predicted molar refractivity (Wildman–Crippen MR) is 81.5 cm³/mol. The molecule has 0 unspecified atom stereocenters. The molecule has 0 atom stereocenters. The number of carbonyl (C=O) groups excluding carboxylic acids is 2. The third-order valence-electron chi connectivity index (χ3n) is 5.02. The zero-order valence-corrected chi connectivity index (χ0v) is 13.0. The Kier molecular flexibility index (Phi) is 4.20. The van der Waals surface area contributed by atoms with Crippen molar-refractivity contribution in [2.75, 3.05) is 33.4 Å². The largest absolute Gasteiger partial charge is 0.383 e. The van der Waals surface area contributed by atoms with Crippen molar-refractivity contribution >= 4 is 11.8 Å². The van der Waals surface area contributed by atoms with Crippen molar-refractivity contribution in [1.82, 2.24) is 14.8 Å². The number of nitrogens with zero attached hydrogens (tertiary/aromatic N) is 2. The van der Waals surface area contributed by atoms with Crippen LogP contribution in [0.15, 0.2) is 18.5 Å². The molecular formula is C16H23N3O3. The van der Waals surface area contributed by atoms with Crippen molar-refractivity contribution in [3.63, 3.8) is 0 Å². The maximum Gasteiger partial charge on any atom is 0.255 e. The molecule has 22 heavy (non-hydrogen) atoms. The first-order valence-corrected chi connectivity index (χ1v) is 7.88. The molecule has 1 spiro atoms. The van der Waals surface area contributed by atoms with E-state index < -0.39 is 0 Å². The fourth-order valence-corrected chi connectivity index (χ4v) is 3.70. The first kappa shape index (κ1) is 15.1. The van der Waals surface area contributed by atoms with E-state index in [2.05, 4.69) is 4.98 Å². The first-order valence-electron chi connectivity index (χ1n) is 7.88. The highest BCUT2D eigenvalue weighted by Crippen LogP contribution is 2.39. The number of ether oxygens (including phenoxy) is 1. The van der Waals surface area contributed by atoms with Gasteiger partial charge in [0.25, 0.3) is 5.91 Å². The molecule has 0 aliphatic carbocycles. The number of aromatic nitrogens is 1. The van der Waals surface area contributed by atoms with Crippen molar-refractivity contribution in [2.24, 2.45) is 0 Å². The van der Waals surface area contributed by atoms with E-state index >= 15 is 0 Å². The zero-order chi connectivity index (χ0) is 15.6. The van der Waals surface area contributed by atoms with E-state index in [4.69, 9.17) is 4.74 Å². The van der Waals surface area contributed by atoms with Crippen LogP contribution in [0.5, 0.6) is 0 Å². The van der Waals surface area contributed by atoms with Crippen LogP contribution in [0.4, 0.5) is 0 Å². The lowest BCUT2D eigenvalue weighted by Gasteiger charge is -2.45. The van der Waals surface area contributed by atoms with Crippen LogP contribution >= 0.6 is 0 Å². The van der Waals surface area contributed by atoms with Gasteiger partial charge in [-0.3, -0.25) is 9.59 Å². The number of nitrogens with one attached hydrogen (secondary N) is 1. The third kappa shape index (κ3) is 2.63. The molecule has 3 heterocycles. The van der Waals surface area contributed by atoms with Crippen LogP contribution in [0.25, 0.3) is 0 Å². The summed E-state index contributed by atoms with van der Waals surface area (Å²) in [5.41, 5.74) is 0.638. The fraction of sp³-hybridized carbons (Fsp3) is 0.625. The number of hydrogen-bond acceptors (Lipinski definition) is 3. The number of H-pyrrole nitrogens is 1. The summed E-state index contributed by atoms with van der Waals surface area (Å²) in [7, 11) is 1.66. The highest BCUT2D eigenvalue weighted by Gasteiger charge is 2.47. The number of rotatable bonds is 4. The summed E-state index contributed by atoms with van der Waals surface area (Å²) in [6.07, 6.45) is 6.74. The first-order chi connectivity index (χ1) is 10.7. The van der Waals surface area contributed by atoms with Gasteiger partial charge < -0.3 is 19.5 Å². The lowest BCUT2D eigenvalue weighted by Crippen LogP contribution is -2.54. The van der Waals surface area contributed by atoms with E-state index in [9.17, 15) is 9.59 Å². The molecule has 120 valence electrons. The SMILES string of the molecule is COCCN1C(=O)CCC12CCN(C(=O)c1cc[nH]c1)CC2. The van der Waals surface area contributed by atoms with Crippen LogP contribution in [0.1, 0.15) is 36.0 Å². The van der Waals surface area contributed by atoms with Gasteiger partial charge in [0.2, 0.25) is 5.91 Å². The van der Waals surface area contributed by atoms with Crippen molar-refractivity contribution < 1.29 is 14.3 Å². The molecule has 0 bridgehead atoms. The minimum atomic E-state index is -0.0649. The summed E-state index contributed by atoms with van der Waals surface area (Å²) in [6, 6.07) is 1.80. The second-order valence-corrected chi connectivity index (χ2v) is 6.15. The summed E-state index contributed by atoms with van der Waals surface area (Å²) in [5, 5.41) is 0. The highest BCUT2D eigenvalue weighted by molar-refractivity contribution is 5.94. The van der Waals surface area contributed by atoms with Gasteiger partial charge in [0.15, 0.2) is 0 Å². The molecule has 2 saturated heterocycles. The number of carbonyl (C=O) groups is 2. The number of methoxy groups -OCH3 is 1. The molecule has 1 N–H and O–H groups in total. The van der Waals surface area contributed by atoms with E-state index in [0.717, 1.165) is 19.3 Å². The van der Waals surface area contributed by atoms with Gasteiger partial charge in [0.05, 0.1) is 12.2 Å². The molecule has 1 aromatic heterocycles. The lowest BCUT2D eigenvalue weighted by atomic mass is 9.84. The average molecular weight is 305 g/mol. The minimum absolute atomic E-state index is 0.0649. The van der Waals surface area contributed by atoms with Crippen LogP contribution < -0.4 is 0 Å². The maximum atomic E-state index is 12.4.